The van der Waals surface area contributed by atoms with Crippen LogP contribution in [0.3, 0.4) is 0 Å². The van der Waals surface area contributed by atoms with Gasteiger partial charge in [0.05, 0.1) is 7.11 Å². The van der Waals surface area contributed by atoms with E-state index in [1.54, 1.807) is 0 Å². The van der Waals surface area contributed by atoms with Crippen LogP contribution in [0.4, 0.5) is 13.2 Å². The summed E-state index contributed by atoms with van der Waals surface area (Å²) in [6.07, 6.45) is -4.73. The summed E-state index contributed by atoms with van der Waals surface area (Å²) in [5, 5.41) is 0. The molecule has 0 aliphatic rings. The van der Waals surface area contributed by atoms with E-state index >= 15 is 0 Å². The summed E-state index contributed by atoms with van der Waals surface area (Å²) in [5.41, 5.74) is 11.6. The average Bonchev–Trinajstić information content (AvgIpc) is 2.25. The molecule has 0 saturated carbocycles. The van der Waals surface area contributed by atoms with E-state index < -0.39 is 12.4 Å². The smallest absolute Gasteiger partial charge is 0.496 e. The van der Waals surface area contributed by atoms with Crippen molar-refractivity contribution < 1.29 is 22.6 Å². The molecule has 1 aromatic rings. The Bertz CT molecular complexity index is 382. The molecule has 1 unspecified atom stereocenters. The van der Waals surface area contributed by atoms with Crippen LogP contribution in [0.15, 0.2) is 18.2 Å². The number of benzene rings is 1. The van der Waals surface area contributed by atoms with Crippen LogP contribution >= 0.6 is 0 Å². The largest absolute Gasteiger partial charge is 0.573 e. The van der Waals surface area contributed by atoms with Crippen LogP contribution in [0.25, 0.3) is 0 Å². The summed E-state index contributed by atoms with van der Waals surface area (Å²) in [6.45, 7) is 0.163. The van der Waals surface area contributed by atoms with Crippen molar-refractivity contribution in [3.8, 4) is 11.5 Å². The molecule has 0 amide bonds. The molecule has 0 saturated heterocycles. The summed E-state index contributed by atoms with van der Waals surface area (Å²) < 4.78 is 44.7. The van der Waals surface area contributed by atoms with Crippen molar-refractivity contribution >= 4 is 0 Å². The molecule has 0 aliphatic carbocycles. The van der Waals surface area contributed by atoms with Gasteiger partial charge in [0.2, 0.25) is 0 Å². The van der Waals surface area contributed by atoms with Crippen molar-refractivity contribution in [2.45, 2.75) is 12.4 Å². The summed E-state index contributed by atoms with van der Waals surface area (Å²) in [6, 6.07) is 3.20. The fraction of sp³-hybridized carbons (Fsp3) is 0.400. The molecule has 7 heteroatoms. The Morgan fingerprint density at radius 2 is 2.00 bits per heavy atom. The Balaban J connectivity index is 3.00. The molecule has 0 aliphatic heterocycles. The molecule has 0 aromatic heterocycles. The molecular formula is C10H13F3N2O2. The van der Waals surface area contributed by atoms with E-state index in [0.29, 0.717) is 5.56 Å². The minimum atomic E-state index is -4.73. The molecular weight excluding hydrogens is 237 g/mol. The van der Waals surface area contributed by atoms with Gasteiger partial charge in [-0.25, -0.2) is 0 Å². The first kappa shape index (κ1) is 13.6. The van der Waals surface area contributed by atoms with Crippen LogP contribution in [0.2, 0.25) is 0 Å². The van der Waals surface area contributed by atoms with E-state index in [-0.39, 0.29) is 18.0 Å². The van der Waals surface area contributed by atoms with Gasteiger partial charge in [0.15, 0.2) is 0 Å². The van der Waals surface area contributed by atoms with Gasteiger partial charge in [-0.1, -0.05) is 6.07 Å². The highest BCUT2D eigenvalue weighted by atomic mass is 19.4. The van der Waals surface area contributed by atoms with Crippen molar-refractivity contribution in [3.63, 3.8) is 0 Å². The number of halogens is 3. The van der Waals surface area contributed by atoms with E-state index in [1.165, 1.54) is 19.2 Å². The van der Waals surface area contributed by atoms with Gasteiger partial charge < -0.3 is 20.9 Å². The number of nitrogens with two attached hydrogens (primary N) is 2. The molecule has 1 rings (SSSR count). The summed E-state index contributed by atoms with van der Waals surface area (Å²) in [4.78, 5) is 0. The zero-order valence-electron chi connectivity index (χ0n) is 9.12. The van der Waals surface area contributed by atoms with E-state index in [1.807, 2.05) is 0 Å². The van der Waals surface area contributed by atoms with Crippen LogP contribution in [-0.4, -0.2) is 20.0 Å². The minimum absolute atomic E-state index is 0.163. The van der Waals surface area contributed by atoms with Gasteiger partial charge in [0.1, 0.15) is 11.5 Å². The number of hydrogen-bond donors (Lipinski definition) is 2. The lowest BCUT2D eigenvalue weighted by Gasteiger charge is -2.16. The number of alkyl halides is 3. The van der Waals surface area contributed by atoms with Crippen LogP contribution < -0.4 is 20.9 Å². The molecule has 4 nitrogen and oxygen atoms in total. The van der Waals surface area contributed by atoms with Gasteiger partial charge in [-0.2, -0.15) is 0 Å². The fourth-order valence-corrected chi connectivity index (χ4v) is 1.32. The van der Waals surface area contributed by atoms with E-state index in [9.17, 15) is 13.2 Å². The van der Waals surface area contributed by atoms with Crippen LogP contribution in [-0.2, 0) is 0 Å². The Morgan fingerprint density at radius 3 is 2.47 bits per heavy atom. The Hall–Kier alpha value is -1.47. The van der Waals surface area contributed by atoms with Gasteiger partial charge in [-0.15, -0.1) is 13.2 Å². The second-order valence-electron chi connectivity index (χ2n) is 3.29. The SMILES string of the molecule is COc1cc(OC(F)(F)F)ccc1C(N)CN. The summed E-state index contributed by atoms with van der Waals surface area (Å²) in [5.74, 6) is -0.146. The second kappa shape index (κ2) is 5.24. The molecule has 0 radical (unpaired) electrons. The normalized spacial score (nSPS) is 13.3. The van der Waals surface area contributed by atoms with Gasteiger partial charge in [0.25, 0.3) is 0 Å². The van der Waals surface area contributed by atoms with Gasteiger partial charge in [-0.05, 0) is 6.07 Å². The third-order valence-corrected chi connectivity index (χ3v) is 2.09. The molecule has 4 N–H and O–H groups in total. The van der Waals surface area contributed by atoms with Crippen LogP contribution in [0.1, 0.15) is 11.6 Å². The molecule has 0 bridgehead atoms. The zero-order valence-corrected chi connectivity index (χ0v) is 9.12. The quantitative estimate of drug-likeness (QED) is 0.850. The maximum absolute atomic E-state index is 12.0. The van der Waals surface area contributed by atoms with Crippen molar-refractivity contribution in [3.05, 3.63) is 23.8 Å². The van der Waals surface area contributed by atoms with E-state index in [0.717, 1.165) is 6.07 Å². The molecule has 0 heterocycles. The first-order valence-electron chi connectivity index (χ1n) is 4.76. The van der Waals surface area contributed by atoms with Crippen LogP contribution in [0, 0.1) is 0 Å². The van der Waals surface area contributed by atoms with E-state index in [4.69, 9.17) is 16.2 Å². The van der Waals surface area contributed by atoms with Crippen molar-refractivity contribution in [2.75, 3.05) is 13.7 Å². The maximum atomic E-state index is 12.0. The molecule has 0 spiro atoms. The first-order chi connectivity index (χ1) is 7.87. The molecule has 1 aromatic carbocycles. The molecule has 17 heavy (non-hydrogen) atoms. The molecule has 1 atom stereocenters. The topological polar surface area (TPSA) is 70.5 Å². The number of methoxy groups -OCH3 is 1. The fourth-order valence-electron chi connectivity index (χ4n) is 1.32. The molecule has 0 fully saturated rings. The molecule has 96 valence electrons. The summed E-state index contributed by atoms with van der Waals surface area (Å²) in [7, 11) is 1.33. The number of ether oxygens (including phenoxy) is 2. The maximum Gasteiger partial charge on any atom is 0.573 e. The van der Waals surface area contributed by atoms with Crippen LogP contribution in [0.5, 0.6) is 11.5 Å². The summed E-state index contributed by atoms with van der Waals surface area (Å²) >= 11 is 0. The number of rotatable bonds is 4. The van der Waals surface area contributed by atoms with Crippen molar-refractivity contribution in [1.29, 1.82) is 0 Å². The zero-order chi connectivity index (χ0) is 13.1. The highest BCUT2D eigenvalue weighted by molar-refractivity contribution is 5.42. The highest BCUT2D eigenvalue weighted by Gasteiger charge is 2.31. The monoisotopic (exact) mass is 250 g/mol. The predicted molar refractivity (Wildman–Crippen MR) is 55.7 cm³/mol. The van der Waals surface area contributed by atoms with Crippen molar-refractivity contribution in [1.82, 2.24) is 0 Å². The Kier molecular flexibility index (Phi) is 4.19. The lowest BCUT2D eigenvalue weighted by Crippen LogP contribution is -2.21. The number of hydrogen-bond acceptors (Lipinski definition) is 4. The van der Waals surface area contributed by atoms with Gasteiger partial charge >= 0.3 is 6.36 Å². The third-order valence-electron chi connectivity index (χ3n) is 2.09. The minimum Gasteiger partial charge on any atom is -0.496 e. The van der Waals surface area contributed by atoms with Gasteiger partial charge in [0, 0.05) is 24.2 Å². The highest BCUT2D eigenvalue weighted by Crippen LogP contribution is 2.31. The second-order valence-corrected chi connectivity index (χ2v) is 3.29. The average molecular weight is 250 g/mol. The Morgan fingerprint density at radius 1 is 1.35 bits per heavy atom. The van der Waals surface area contributed by atoms with Gasteiger partial charge in [-0.3, -0.25) is 0 Å². The third kappa shape index (κ3) is 3.79. The lowest BCUT2D eigenvalue weighted by atomic mass is 10.1. The van der Waals surface area contributed by atoms with Crippen molar-refractivity contribution in [2.24, 2.45) is 11.5 Å². The standard InChI is InChI=1S/C10H13F3N2O2/c1-16-9-4-6(17-10(11,12)13)2-3-7(9)8(15)5-14/h2-4,8H,5,14-15H2,1H3. The van der Waals surface area contributed by atoms with E-state index in [2.05, 4.69) is 4.74 Å². The first-order valence-corrected chi connectivity index (χ1v) is 4.76. The Labute approximate surface area is 96.3 Å². The lowest BCUT2D eigenvalue weighted by molar-refractivity contribution is -0.274. The predicted octanol–water partition coefficient (Wildman–Crippen LogP) is 1.55.